The highest BCUT2D eigenvalue weighted by Gasteiger charge is 2.30. The molecule has 1 unspecified atom stereocenters. The minimum absolute atomic E-state index is 0.00906. The first-order chi connectivity index (χ1) is 12.9. The molecule has 1 aliphatic rings. The van der Waals surface area contributed by atoms with Crippen molar-refractivity contribution in [2.45, 2.75) is 30.7 Å². The fourth-order valence-electron chi connectivity index (χ4n) is 3.13. The number of hydrogen-bond acceptors (Lipinski definition) is 6. The van der Waals surface area contributed by atoms with Crippen molar-refractivity contribution in [3.63, 3.8) is 0 Å². The minimum Gasteiger partial charge on any atom is -0.270 e. The van der Waals surface area contributed by atoms with Gasteiger partial charge in [0.2, 0.25) is 0 Å². The molecule has 0 aliphatic carbocycles. The van der Waals surface area contributed by atoms with Crippen LogP contribution in [-0.2, 0) is 9.84 Å². The van der Waals surface area contributed by atoms with E-state index >= 15 is 0 Å². The lowest BCUT2D eigenvalue weighted by Crippen LogP contribution is -2.08. The number of benzene rings is 1. The van der Waals surface area contributed by atoms with E-state index in [2.05, 4.69) is 41.2 Å². The Morgan fingerprint density at radius 3 is 2.52 bits per heavy atom. The lowest BCUT2D eigenvalue weighted by atomic mass is 10.1. The van der Waals surface area contributed by atoms with E-state index < -0.39 is 9.84 Å². The smallest absolute Gasteiger partial charge is 0.196 e. The minimum atomic E-state index is -2.94. The number of rotatable bonds is 4. The molecule has 4 rings (SSSR count). The van der Waals surface area contributed by atoms with Crippen LogP contribution in [0, 0.1) is 13.8 Å². The van der Waals surface area contributed by atoms with E-state index in [9.17, 15) is 8.42 Å². The summed E-state index contributed by atoms with van der Waals surface area (Å²) in [5, 5.41) is 9.53. The summed E-state index contributed by atoms with van der Waals surface area (Å²) in [5.74, 6) is 1.17. The van der Waals surface area contributed by atoms with Crippen molar-refractivity contribution in [2.24, 2.45) is 0 Å². The monoisotopic (exact) mass is 400 g/mol. The fraction of sp³-hybridized carbons (Fsp3) is 0.316. The number of thioether (sulfide) groups is 1. The van der Waals surface area contributed by atoms with Gasteiger partial charge in [-0.15, -0.1) is 10.2 Å². The van der Waals surface area contributed by atoms with Gasteiger partial charge >= 0.3 is 0 Å². The van der Waals surface area contributed by atoms with Crippen LogP contribution in [0.25, 0.3) is 17.1 Å². The third-order valence-corrected chi connectivity index (χ3v) is 7.97. The van der Waals surface area contributed by atoms with Crippen molar-refractivity contribution in [3.05, 3.63) is 53.9 Å². The highest BCUT2D eigenvalue weighted by atomic mass is 32.2. The Kier molecular flexibility index (Phi) is 4.77. The van der Waals surface area contributed by atoms with Gasteiger partial charge in [0, 0.05) is 23.2 Å². The number of nitrogens with zero attached hydrogens (tertiary/aromatic N) is 4. The second-order valence-electron chi connectivity index (χ2n) is 6.79. The molecular formula is C19H20N4O2S2. The lowest BCUT2D eigenvalue weighted by molar-refractivity contribution is 0.602. The molecule has 1 fully saturated rings. The zero-order valence-electron chi connectivity index (χ0n) is 15.2. The first kappa shape index (κ1) is 18.2. The normalized spacial score (nSPS) is 18.7. The maximum absolute atomic E-state index is 11.8. The molecule has 1 saturated heterocycles. The number of hydrogen-bond donors (Lipinski definition) is 0. The molecule has 1 aliphatic heterocycles. The van der Waals surface area contributed by atoms with Gasteiger partial charge in [0.1, 0.15) is 0 Å². The van der Waals surface area contributed by atoms with Crippen LogP contribution in [0.4, 0.5) is 0 Å². The summed E-state index contributed by atoms with van der Waals surface area (Å²) >= 11 is 1.50. The fourth-order valence-corrected chi connectivity index (χ4v) is 6.64. The molecule has 3 heterocycles. The molecule has 1 aromatic carbocycles. The molecule has 0 radical (unpaired) electrons. The highest BCUT2D eigenvalue weighted by Crippen LogP contribution is 2.34. The summed E-state index contributed by atoms with van der Waals surface area (Å²) in [6.45, 7) is 4.15. The number of sulfone groups is 1. The van der Waals surface area contributed by atoms with Crippen LogP contribution in [0.5, 0.6) is 0 Å². The molecule has 8 heteroatoms. The van der Waals surface area contributed by atoms with Gasteiger partial charge in [0.25, 0.3) is 0 Å². The molecule has 140 valence electrons. The van der Waals surface area contributed by atoms with Crippen LogP contribution in [0.1, 0.15) is 17.5 Å². The van der Waals surface area contributed by atoms with Gasteiger partial charge in [0.15, 0.2) is 20.8 Å². The quantitative estimate of drug-likeness (QED) is 0.669. The molecule has 1 atom stereocenters. The Hall–Kier alpha value is -2.19. The Labute approximate surface area is 163 Å². The van der Waals surface area contributed by atoms with E-state index in [0.717, 1.165) is 17.1 Å². The largest absolute Gasteiger partial charge is 0.270 e. The van der Waals surface area contributed by atoms with Crippen LogP contribution in [0.2, 0.25) is 0 Å². The summed E-state index contributed by atoms with van der Waals surface area (Å²) < 4.78 is 25.7. The van der Waals surface area contributed by atoms with Crippen molar-refractivity contribution >= 4 is 21.6 Å². The number of pyridine rings is 1. The summed E-state index contributed by atoms with van der Waals surface area (Å²) in [4.78, 5) is 4.08. The van der Waals surface area contributed by atoms with Crippen LogP contribution >= 0.6 is 11.8 Å². The predicted octanol–water partition coefficient (Wildman–Crippen LogP) is 3.23. The molecule has 3 aromatic rings. The third-order valence-electron chi connectivity index (χ3n) is 4.78. The van der Waals surface area contributed by atoms with E-state index in [-0.39, 0.29) is 16.8 Å². The van der Waals surface area contributed by atoms with Gasteiger partial charge in [-0.2, -0.15) is 0 Å². The molecule has 0 amide bonds. The maximum Gasteiger partial charge on any atom is 0.196 e. The highest BCUT2D eigenvalue weighted by molar-refractivity contribution is 8.01. The predicted molar refractivity (Wildman–Crippen MR) is 107 cm³/mol. The molecule has 0 saturated carbocycles. The summed E-state index contributed by atoms with van der Waals surface area (Å²) in [7, 11) is -2.94. The number of aromatic nitrogens is 4. The average molecular weight is 401 g/mol. The van der Waals surface area contributed by atoms with Gasteiger partial charge in [-0.3, -0.25) is 9.55 Å². The van der Waals surface area contributed by atoms with E-state index in [1.807, 2.05) is 22.8 Å². The molecule has 6 nitrogen and oxygen atoms in total. The summed E-state index contributed by atoms with van der Waals surface area (Å²) in [6.07, 6.45) is 4.10. The Morgan fingerprint density at radius 1 is 1.07 bits per heavy atom. The molecule has 0 bridgehead atoms. The van der Waals surface area contributed by atoms with Gasteiger partial charge in [-0.25, -0.2) is 8.42 Å². The molecular weight excluding hydrogens is 380 g/mol. The zero-order valence-corrected chi connectivity index (χ0v) is 16.8. The third kappa shape index (κ3) is 3.77. The van der Waals surface area contributed by atoms with Gasteiger partial charge in [-0.05, 0) is 55.7 Å². The van der Waals surface area contributed by atoms with E-state index in [0.29, 0.717) is 11.6 Å². The van der Waals surface area contributed by atoms with Crippen LogP contribution in [0.15, 0.2) is 47.9 Å². The zero-order chi connectivity index (χ0) is 19.0. The van der Waals surface area contributed by atoms with Gasteiger partial charge in [0.05, 0.1) is 17.2 Å². The first-order valence-corrected chi connectivity index (χ1v) is 11.4. The van der Waals surface area contributed by atoms with Crippen molar-refractivity contribution in [2.75, 3.05) is 11.5 Å². The van der Waals surface area contributed by atoms with E-state index in [1.54, 1.807) is 12.4 Å². The van der Waals surface area contributed by atoms with E-state index in [4.69, 9.17) is 0 Å². The average Bonchev–Trinajstić information content (AvgIpc) is 3.21. The molecule has 2 aromatic heterocycles. The Balaban J connectivity index is 1.79. The van der Waals surface area contributed by atoms with Crippen molar-refractivity contribution in [1.82, 2.24) is 19.7 Å². The van der Waals surface area contributed by atoms with Gasteiger partial charge < -0.3 is 0 Å². The topological polar surface area (TPSA) is 77.7 Å². The summed E-state index contributed by atoms with van der Waals surface area (Å²) in [5.41, 5.74) is 4.29. The van der Waals surface area contributed by atoms with Crippen molar-refractivity contribution in [3.8, 4) is 17.1 Å². The molecule has 0 spiro atoms. The van der Waals surface area contributed by atoms with Gasteiger partial charge in [-0.1, -0.05) is 17.8 Å². The maximum atomic E-state index is 11.8. The number of aryl methyl sites for hydroxylation is 2. The Bertz CT molecular complexity index is 1080. The first-order valence-electron chi connectivity index (χ1n) is 8.73. The standard InChI is InChI=1S/C19H20N4O2S2/c1-13-3-4-16(11-14(13)2)23-18(15-5-8-20-9-6-15)21-22-19(23)26-17-7-10-27(24,25)12-17/h3-6,8-9,11,17H,7,10,12H2,1-2H3. The SMILES string of the molecule is Cc1ccc(-n2c(SC3CCS(=O)(=O)C3)nnc2-c2ccncc2)cc1C. The molecule has 27 heavy (non-hydrogen) atoms. The van der Waals surface area contributed by atoms with Crippen LogP contribution in [0.3, 0.4) is 0 Å². The Morgan fingerprint density at radius 2 is 1.85 bits per heavy atom. The summed E-state index contributed by atoms with van der Waals surface area (Å²) in [6, 6.07) is 10.0. The van der Waals surface area contributed by atoms with Crippen LogP contribution in [-0.4, -0.2) is 44.9 Å². The van der Waals surface area contributed by atoms with Crippen molar-refractivity contribution in [1.29, 1.82) is 0 Å². The second kappa shape index (κ2) is 7.09. The van der Waals surface area contributed by atoms with Crippen LogP contribution < -0.4 is 0 Å². The lowest BCUT2D eigenvalue weighted by Gasteiger charge is -2.13. The second-order valence-corrected chi connectivity index (χ2v) is 10.3. The van der Waals surface area contributed by atoms with E-state index in [1.165, 1.54) is 22.9 Å². The molecule has 0 N–H and O–H groups in total. The van der Waals surface area contributed by atoms with Crippen molar-refractivity contribution < 1.29 is 8.42 Å².